The molecule has 0 fully saturated rings. The first-order chi connectivity index (χ1) is 11.3. The van der Waals surface area contributed by atoms with E-state index in [1.54, 1.807) is 0 Å². The molecule has 0 unspecified atom stereocenters. The Bertz CT molecular complexity index is 627. The number of hydrogen-bond acceptors (Lipinski definition) is 4. The maximum atomic E-state index is 12.4. The Balaban J connectivity index is 1.66. The molecule has 6 nitrogen and oxygen atoms in total. The van der Waals surface area contributed by atoms with Gasteiger partial charge in [-0.15, -0.1) is 5.10 Å². The molecule has 0 saturated heterocycles. The molecule has 1 amide bonds. The van der Waals surface area contributed by atoms with Crippen LogP contribution in [0.25, 0.3) is 0 Å². The second kappa shape index (κ2) is 7.87. The van der Waals surface area contributed by atoms with Crippen LogP contribution < -0.4 is 5.32 Å². The predicted octanol–water partition coefficient (Wildman–Crippen LogP) is 1.56. The second-order valence-electron chi connectivity index (χ2n) is 5.85. The zero-order chi connectivity index (χ0) is 15.9. The van der Waals surface area contributed by atoms with E-state index in [0.29, 0.717) is 19.8 Å². The number of fused-ring (bicyclic) bond motifs is 2. The van der Waals surface area contributed by atoms with E-state index in [1.807, 2.05) is 29.1 Å². The Labute approximate surface area is 135 Å². The minimum Gasteiger partial charge on any atom is -0.373 e. The SMILES string of the molecule is O=C1NCCOCc2cn(nn2)CCC[C@@H]1Cc1ccccc1. The summed E-state index contributed by atoms with van der Waals surface area (Å²) < 4.78 is 7.34. The lowest BCUT2D eigenvalue weighted by molar-refractivity contribution is -0.125. The van der Waals surface area contributed by atoms with Gasteiger partial charge < -0.3 is 10.1 Å². The Morgan fingerprint density at radius 1 is 1.30 bits per heavy atom. The van der Waals surface area contributed by atoms with E-state index in [9.17, 15) is 4.79 Å². The minimum absolute atomic E-state index is 0.0267. The average molecular weight is 314 g/mol. The smallest absolute Gasteiger partial charge is 0.223 e. The third-order valence-corrected chi connectivity index (χ3v) is 4.02. The Hall–Kier alpha value is -2.21. The first kappa shape index (κ1) is 15.7. The predicted molar refractivity (Wildman–Crippen MR) is 85.6 cm³/mol. The normalized spacial score (nSPS) is 20.0. The summed E-state index contributed by atoms with van der Waals surface area (Å²) >= 11 is 0. The highest BCUT2D eigenvalue weighted by Gasteiger charge is 2.19. The van der Waals surface area contributed by atoms with Crippen molar-refractivity contribution in [2.45, 2.75) is 32.4 Å². The zero-order valence-electron chi connectivity index (χ0n) is 13.1. The second-order valence-corrected chi connectivity index (χ2v) is 5.85. The van der Waals surface area contributed by atoms with Crippen LogP contribution in [0.4, 0.5) is 0 Å². The van der Waals surface area contributed by atoms with Gasteiger partial charge in [0.05, 0.1) is 19.4 Å². The molecule has 23 heavy (non-hydrogen) atoms. The van der Waals surface area contributed by atoms with Crippen molar-refractivity contribution in [3.8, 4) is 0 Å². The summed E-state index contributed by atoms with van der Waals surface area (Å²) in [6.45, 7) is 2.21. The highest BCUT2D eigenvalue weighted by molar-refractivity contribution is 5.78. The van der Waals surface area contributed by atoms with Crippen LogP contribution in [-0.4, -0.2) is 34.1 Å². The van der Waals surface area contributed by atoms with Crippen LogP contribution in [0.2, 0.25) is 0 Å². The number of carbonyl (C=O) groups is 1. The van der Waals surface area contributed by atoms with Gasteiger partial charge in [-0.3, -0.25) is 9.48 Å². The molecule has 2 aromatic rings. The van der Waals surface area contributed by atoms with Gasteiger partial charge >= 0.3 is 0 Å². The largest absolute Gasteiger partial charge is 0.373 e. The van der Waals surface area contributed by atoms with Gasteiger partial charge in [0.25, 0.3) is 0 Å². The van der Waals surface area contributed by atoms with Gasteiger partial charge in [-0.2, -0.15) is 0 Å². The average Bonchev–Trinajstić information content (AvgIpc) is 3.02. The summed E-state index contributed by atoms with van der Waals surface area (Å²) in [6, 6.07) is 10.2. The van der Waals surface area contributed by atoms with Crippen LogP contribution in [0.1, 0.15) is 24.1 Å². The van der Waals surface area contributed by atoms with Crippen molar-refractivity contribution in [3.63, 3.8) is 0 Å². The standard InChI is InChI=1S/C17H22N4O2/c22-17-15(11-14-5-2-1-3-6-14)7-4-9-21-12-16(19-20-21)13-23-10-8-18-17/h1-3,5-6,12,15H,4,7-11,13H2,(H,18,22)/t15-/m1/s1. The molecule has 0 aliphatic carbocycles. The molecular formula is C17H22N4O2. The quantitative estimate of drug-likeness (QED) is 0.913. The molecule has 1 aromatic heterocycles. The molecule has 0 spiro atoms. The maximum Gasteiger partial charge on any atom is 0.223 e. The molecule has 1 aromatic carbocycles. The third kappa shape index (κ3) is 4.63. The van der Waals surface area contributed by atoms with Crippen LogP contribution >= 0.6 is 0 Å². The van der Waals surface area contributed by atoms with Gasteiger partial charge in [-0.25, -0.2) is 0 Å². The fraction of sp³-hybridized carbons (Fsp3) is 0.471. The number of rotatable bonds is 2. The fourth-order valence-corrected chi connectivity index (χ4v) is 2.81. The molecule has 1 aliphatic heterocycles. The first-order valence-electron chi connectivity index (χ1n) is 8.09. The Morgan fingerprint density at radius 2 is 2.17 bits per heavy atom. The molecule has 0 saturated carbocycles. The number of nitrogens with zero attached hydrogens (tertiary/aromatic N) is 3. The van der Waals surface area contributed by atoms with Crippen LogP contribution in [0.5, 0.6) is 0 Å². The summed E-state index contributed by atoms with van der Waals surface area (Å²) in [7, 11) is 0. The number of nitrogens with one attached hydrogen (secondary N) is 1. The van der Waals surface area contributed by atoms with Crippen LogP contribution in [0, 0.1) is 5.92 Å². The summed E-state index contributed by atoms with van der Waals surface area (Å²) in [4.78, 5) is 12.4. The molecular weight excluding hydrogens is 292 g/mol. The lowest BCUT2D eigenvalue weighted by Crippen LogP contribution is -2.34. The highest BCUT2D eigenvalue weighted by atomic mass is 16.5. The molecule has 2 bridgehead atoms. The number of benzene rings is 1. The topological polar surface area (TPSA) is 69.0 Å². The van der Waals surface area contributed by atoms with Gasteiger partial charge in [0.2, 0.25) is 5.91 Å². The molecule has 1 atom stereocenters. The van der Waals surface area contributed by atoms with E-state index >= 15 is 0 Å². The van der Waals surface area contributed by atoms with Crippen LogP contribution in [0.15, 0.2) is 36.5 Å². The molecule has 2 heterocycles. The summed E-state index contributed by atoms with van der Waals surface area (Å²) in [5.74, 6) is 0.0799. The molecule has 1 aliphatic rings. The number of amides is 1. The van der Waals surface area contributed by atoms with E-state index < -0.39 is 0 Å². The van der Waals surface area contributed by atoms with Crippen molar-refractivity contribution in [1.29, 1.82) is 0 Å². The van der Waals surface area contributed by atoms with E-state index in [1.165, 1.54) is 5.56 Å². The maximum absolute atomic E-state index is 12.4. The third-order valence-electron chi connectivity index (χ3n) is 4.02. The molecule has 3 rings (SSSR count). The number of aryl methyl sites for hydroxylation is 1. The van der Waals surface area contributed by atoms with Gasteiger partial charge in [0.15, 0.2) is 0 Å². The van der Waals surface area contributed by atoms with Gasteiger partial charge in [-0.05, 0) is 24.8 Å². The van der Waals surface area contributed by atoms with Gasteiger partial charge in [0.1, 0.15) is 5.69 Å². The molecule has 0 radical (unpaired) electrons. The van der Waals surface area contributed by atoms with E-state index in [4.69, 9.17) is 4.74 Å². The van der Waals surface area contributed by atoms with Crippen molar-refractivity contribution >= 4 is 5.91 Å². The van der Waals surface area contributed by atoms with Crippen molar-refractivity contribution in [2.75, 3.05) is 13.2 Å². The Morgan fingerprint density at radius 3 is 3.04 bits per heavy atom. The summed E-state index contributed by atoms with van der Waals surface area (Å²) in [5.41, 5.74) is 2.02. The number of hydrogen-bond donors (Lipinski definition) is 1. The lowest BCUT2D eigenvalue weighted by atomic mass is 9.94. The van der Waals surface area contributed by atoms with Crippen LogP contribution in [-0.2, 0) is 29.1 Å². The molecule has 1 N–H and O–H groups in total. The summed E-state index contributed by atoms with van der Waals surface area (Å²) in [5, 5.41) is 11.2. The van der Waals surface area contributed by atoms with E-state index in [-0.39, 0.29) is 11.8 Å². The number of carbonyl (C=O) groups excluding carboxylic acids is 1. The van der Waals surface area contributed by atoms with Crippen molar-refractivity contribution in [2.24, 2.45) is 5.92 Å². The van der Waals surface area contributed by atoms with Crippen molar-refractivity contribution in [1.82, 2.24) is 20.3 Å². The molecule has 6 heteroatoms. The van der Waals surface area contributed by atoms with Crippen molar-refractivity contribution < 1.29 is 9.53 Å². The van der Waals surface area contributed by atoms with Gasteiger partial charge in [-0.1, -0.05) is 35.5 Å². The molecule has 122 valence electrons. The van der Waals surface area contributed by atoms with E-state index in [0.717, 1.165) is 31.5 Å². The van der Waals surface area contributed by atoms with Gasteiger partial charge in [0, 0.05) is 19.0 Å². The summed E-state index contributed by atoms with van der Waals surface area (Å²) in [6.07, 6.45) is 4.40. The zero-order valence-corrected chi connectivity index (χ0v) is 13.1. The first-order valence-corrected chi connectivity index (χ1v) is 8.09. The lowest BCUT2D eigenvalue weighted by Gasteiger charge is -2.17. The minimum atomic E-state index is -0.0267. The van der Waals surface area contributed by atoms with E-state index in [2.05, 4.69) is 27.8 Å². The Kier molecular flexibility index (Phi) is 5.37. The monoisotopic (exact) mass is 314 g/mol. The number of ether oxygens (including phenoxy) is 1. The van der Waals surface area contributed by atoms with Crippen LogP contribution in [0.3, 0.4) is 0 Å². The number of aromatic nitrogens is 3. The highest BCUT2D eigenvalue weighted by Crippen LogP contribution is 2.15. The fourth-order valence-electron chi connectivity index (χ4n) is 2.81. The van der Waals surface area contributed by atoms with Crippen molar-refractivity contribution in [3.05, 3.63) is 47.8 Å².